The Labute approximate surface area is 164 Å². The molecule has 8 heteroatoms. The second-order valence-corrected chi connectivity index (χ2v) is 7.01. The average molecular weight is 404 g/mol. The Morgan fingerprint density at radius 2 is 1.69 bits per heavy atom. The highest BCUT2D eigenvalue weighted by molar-refractivity contribution is 6.02. The molecule has 29 heavy (non-hydrogen) atoms. The van der Waals surface area contributed by atoms with Gasteiger partial charge in [0, 0.05) is 17.5 Å². The lowest BCUT2D eigenvalue weighted by atomic mass is 10.1. The van der Waals surface area contributed by atoms with Crippen molar-refractivity contribution in [1.29, 1.82) is 0 Å². The quantitative estimate of drug-likeness (QED) is 0.591. The molecule has 0 spiro atoms. The summed E-state index contributed by atoms with van der Waals surface area (Å²) in [5.74, 6) is -0.792. The van der Waals surface area contributed by atoms with Crippen LogP contribution in [0.4, 0.5) is 13.2 Å². The van der Waals surface area contributed by atoms with E-state index in [1.54, 1.807) is 24.3 Å². The summed E-state index contributed by atoms with van der Waals surface area (Å²) in [4.78, 5) is 25.3. The molecule has 0 aliphatic heterocycles. The molecule has 1 heterocycles. The van der Waals surface area contributed by atoms with E-state index in [1.807, 2.05) is 13.8 Å². The zero-order valence-electron chi connectivity index (χ0n) is 15.9. The molecule has 5 nitrogen and oxygen atoms in total. The van der Waals surface area contributed by atoms with E-state index >= 15 is 0 Å². The number of ether oxygens (including phenoxy) is 1. The molecule has 0 amide bonds. The Morgan fingerprint density at radius 1 is 1.07 bits per heavy atom. The summed E-state index contributed by atoms with van der Waals surface area (Å²) in [5, 5.41) is 4.73. The number of benzene rings is 2. The van der Waals surface area contributed by atoms with Crippen LogP contribution in [0.25, 0.3) is 10.8 Å². The fourth-order valence-electron chi connectivity index (χ4n) is 2.99. The van der Waals surface area contributed by atoms with Crippen LogP contribution in [0.5, 0.6) is 0 Å². The maximum absolute atomic E-state index is 13.1. The molecule has 0 aliphatic rings. The summed E-state index contributed by atoms with van der Waals surface area (Å²) < 4.78 is 45.7. The van der Waals surface area contributed by atoms with Crippen LogP contribution in [0.3, 0.4) is 0 Å². The van der Waals surface area contributed by atoms with Crippen molar-refractivity contribution in [2.24, 2.45) is 5.92 Å². The number of hydrogen-bond acceptors (Lipinski definition) is 4. The number of carbonyl (C=O) groups is 1. The van der Waals surface area contributed by atoms with Gasteiger partial charge in [-0.2, -0.15) is 18.3 Å². The first-order chi connectivity index (χ1) is 13.7. The van der Waals surface area contributed by atoms with Crippen LogP contribution in [0.2, 0.25) is 0 Å². The number of rotatable bonds is 5. The van der Waals surface area contributed by atoms with Gasteiger partial charge in [-0.05, 0) is 18.1 Å². The third-order valence-electron chi connectivity index (χ3n) is 4.28. The first kappa shape index (κ1) is 20.6. The summed E-state index contributed by atoms with van der Waals surface area (Å²) in [6.07, 6.45) is -4.56. The molecule has 2 aromatic carbocycles. The van der Waals surface area contributed by atoms with Gasteiger partial charge < -0.3 is 4.74 Å². The molecule has 0 saturated carbocycles. The normalized spacial score (nSPS) is 11.8. The summed E-state index contributed by atoms with van der Waals surface area (Å²) in [6, 6.07) is 11.3. The highest BCUT2D eigenvalue weighted by Gasteiger charge is 2.33. The summed E-state index contributed by atoms with van der Waals surface area (Å²) in [7, 11) is 0. The minimum absolute atomic E-state index is 0.101. The highest BCUT2D eigenvalue weighted by atomic mass is 19.4. The third kappa shape index (κ3) is 4.47. The number of nitrogens with zero attached hydrogens (tertiary/aromatic N) is 2. The number of aromatic nitrogens is 2. The maximum Gasteiger partial charge on any atom is 0.416 e. The first-order valence-electron chi connectivity index (χ1n) is 9.00. The third-order valence-corrected chi connectivity index (χ3v) is 4.28. The van der Waals surface area contributed by atoms with Crippen LogP contribution >= 0.6 is 0 Å². The minimum atomic E-state index is -4.56. The van der Waals surface area contributed by atoms with Gasteiger partial charge in [-0.3, -0.25) is 4.79 Å². The second-order valence-electron chi connectivity index (χ2n) is 7.01. The van der Waals surface area contributed by atoms with E-state index in [0.29, 0.717) is 17.3 Å². The molecule has 0 radical (unpaired) electrons. The molecular formula is C21H19F3N2O3. The summed E-state index contributed by atoms with van der Waals surface area (Å²) in [5.41, 5.74) is -1.47. The first-order valence-corrected chi connectivity index (χ1v) is 9.00. The van der Waals surface area contributed by atoms with E-state index in [0.717, 1.165) is 6.07 Å². The van der Waals surface area contributed by atoms with Gasteiger partial charge in [-0.15, -0.1) is 0 Å². The SMILES string of the molecule is CC(C)Cn1nc(C(=O)OCc2ccccc2C(F)(F)F)c2ccccc2c1=O. The Hall–Kier alpha value is -3.16. The highest BCUT2D eigenvalue weighted by Crippen LogP contribution is 2.32. The minimum Gasteiger partial charge on any atom is -0.456 e. The number of hydrogen-bond donors (Lipinski definition) is 0. The molecule has 0 unspecified atom stereocenters. The predicted octanol–water partition coefficient (Wildman–Crippen LogP) is 4.43. The lowest BCUT2D eigenvalue weighted by Crippen LogP contribution is -2.28. The van der Waals surface area contributed by atoms with Crippen molar-refractivity contribution in [2.75, 3.05) is 0 Å². The fourth-order valence-corrected chi connectivity index (χ4v) is 2.99. The number of carbonyl (C=O) groups excluding carboxylic acids is 1. The predicted molar refractivity (Wildman–Crippen MR) is 101 cm³/mol. The Kier molecular flexibility index (Phi) is 5.72. The van der Waals surface area contributed by atoms with Crippen LogP contribution in [-0.2, 0) is 24.1 Å². The molecule has 0 fully saturated rings. The average Bonchev–Trinajstić information content (AvgIpc) is 2.67. The molecule has 3 rings (SSSR count). The topological polar surface area (TPSA) is 61.2 Å². The Balaban J connectivity index is 1.96. The Morgan fingerprint density at radius 3 is 2.34 bits per heavy atom. The molecule has 1 aromatic heterocycles. The van der Waals surface area contributed by atoms with Gasteiger partial charge in [0.1, 0.15) is 6.61 Å². The Bertz CT molecular complexity index is 1100. The van der Waals surface area contributed by atoms with E-state index in [2.05, 4.69) is 5.10 Å². The lowest BCUT2D eigenvalue weighted by Gasteiger charge is -2.14. The van der Waals surface area contributed by atoms with Crippen LogP contribution in [0, 0.1) is 5.92 Å². The van der Waals surface area contributed by atoms with E-state index in [1.165, 1.54) is 22.9 Å². The van der Waals surface area contributed by atoms with Gasteiger partial charge in [0.25, 0.3) is 5.56 Å². The zero-order chi connectivity index (χ0) is 21.2. The molecule has 0 aliphatic carbocycles. The smallest absolute Gasteiger partial charge is 0.416 e. The van der Waals surface area contributed by atoms with Gasteiger partial charge >= 0.3 is 12.1 Å². The molecule has 0 saturated heterocycles. The molecule has 152 valence electrons. The largest absolute Gasteiger partial charge is 0.456 e. The lowest BCUT2D eigenvalue weighted by molar-refractivity contribution is -0.138. The number of fused-ring (bicyclic) bond motifs is 1. The standard InChI is InChI=1S/C21H19F3N2O3/c1-13(2)11-26-19(27)16-9-5-4-8-15(16)18(25-26)20(28)29-12-14-7-3-6-10-17(14)21(22,23)24/h3-10,13H,11-12H2,1-2H3. The monoisotopic (exact) mass is 404 g/mol. The van der Waals surface area contributed by atoms with E-state index < -0.39 is 24.3 Å². The van der Waals surface area contributed by atoms with Crippen LogP contribution in [-0.4, -0.2) is 15.7 Å². The van der Waals surface area contributed by atoms with Crippen LogP contribution in [0.1, 0.15) is 35.5 Å². The number of esters is 1. The van der Waals surface area contributed by atoms with E-state index in [9.17, 15) is 22.8 Å². The maximum atomic E-state index is 13.1. The molecule has 0 atom stereocenters. The van der Waals surface area contributed by atoms with Gasteiger partial charge in [0.05, 0.1) is 10.9 Å². The molecule has 0 bridgehead atoms. The van der Waals surface area contributed by atoms with Crippen molar-refractivity contribution in [3.63, 3.8) is 0 Å². The number of alkyl halides is 3. The number of halogens is 3. The van der Waals surface area contributed by atoms with Gasteiger partial charge in [0.2, 0.25) is 0 Å². The van der Waals surface area contributed by atoms with Crippen LogP contribution < -0.4 is 5.56 Å². The summed E-state index contributed by atoms with van der Waals surface area (Å²) >= 11 is 0. The van der Waals surface area contributed by atoms with Crippen LogP contribution in [0.15, 0.2) is 53.3 Å². The van der Waals surface area contributed by atoms with E-state index in [-0.39, 0.29) is 22.7 Å². The summed E-state index contributed by atoms with van der Waals surface area (Å²) in [6.45, 7) is 3.53. The molecule has 3 aromatic rings. The molecule has 0 N–H and O–H groups in total. The van der Waals surface area contributed by atoms with Crippen molar-refractivity contribution < 1.29 is 22.7 Å². The van der Waals surface area contributed by atoms with Crippen molar-refractivity contribution in [2.45, 2.75) is 33.2 Å². The van der Waals surface area contributed by atoms with Crippen molar-refractivity contribution in [3.8, 4) is 0 Å². The van der Waals surface area contributed by atoms with E-state index in [4.69, 9.17) is 4.74 Å². The van der Waals surface area contributed by atoms with Crippen molar-refractivity contribution >= 4 is 16.7 Å². The second kappa shape index (κ2) is 8.06. The van der Waals surface area contributed by atoms with Gasteiger partial charge in [0.15, 0.2) is 5.69 Å². The van der Waals surface area contributed by atoms with Gasteiger partial charge in [-0.1, -0.05) is 50.2 Å². The molecular weight excluding hydrogens is 385 g/mol. The van der Waals surface area contributed by atoms with Crippen molar-refractivity contribution in [1.82, 2.24) is 9.78 Å². The fraction of sp³-hybridized carbons (Fsp3) is 0.286. The zero-order valence-corrected chi connectivity index (χ0v) is 15.9. The van der Waals surface area contributed by atoms with Crippen molar-refractivity contribution in [3.05, 3.63) is 75.7 Å². The van der Waals surface area contributed by atoms with Gasteiger partial charge in [-0.25, -0.2) is 9.48 Å².